The van der Waals surface area contributed by atoms with E-state index in [0.29, 0.717) is 39.6 Å². The normalized spacial score (nSPS) is 15.1. The van der Waals surface area contributed by atoms with Crippen LogP contribution in [0.1, 0.15) is 0 Å². The fourth-order valence-corrected chi connectivity index (χ4v) is 2.64. The number of epoxide rings is 1. The number of esters is 1. The van der Waals surface area contributed by atoms with Gasteiger partial charge in [0.15, 0.2) is 0 Å². The summed E-state index contributed by atoms with van der Waals surface area (Å²) in [5.41, 5.74) is 0. The SMILES string of the molecule is C=CC(=O)OCCOCCOCCOc1cccc2c(OCC3CO3)cccc12. The number of carbonyl (C=O) groups is 1. The summed E-state index contributed by atoms with van der Waals surface area (Å²) in [6.45, 7) is 6.92. The molecule has 3 rings (SSSR count). The van der Waals surface area contributed by atoms with Gasteiger partial charge in [0, 0.05) is 16.8 Å². The van der Waals surface area contributed by atoms with E-state index in [9.17, 15) is 4.79 Å². The average Bonchev–Trinajstić information content (AvgIpc) is 3.58. The third kappa shape index (κ3) is 7.05. The van der Waals surface area contributed by atoms with Crippen LogP contribution >= 0.6 is 0 Å². The Hall–Kier alpha value is -2.61. The largest absolute Gasteiger partial charge is 0.491 e. The van der Waals surface area contributed by atoms with Crippen LogP contribution in [0.15, 0.2) is 49.1 Å². The van der Waals surface area contributed by atoms with Gasteiger partial charge >= 0.3 is 5.97 Å². The van der Waals surface area contributed by atoms with Gasteiger partial charge in [-0.2, -0.15) is 0 Å². The summed E-state index contributed by atoms with van der Waals surface area (Å²) in [6.07, 6.45) is 1.34. The van der Waals surface area contributed by atoms with Crippen molar-refractivity contribution in [2.75, 3.05) is 52.9 Å². The van der Waals surface area contributed by atoms with Gasteiger partial charge in [-0.05, 0) is 12.1 Å². The molecule has 1 fully saturated rings. The third-order valence-corrected chi connectivity index (χ3v) is 4.17. The summed E-state index contributed by atoms with van der Waals surface area (Å²) in [6, 6.07) is 11.8. The fraction of sp³-hybridized carbons (Fsp3) is 0.409. The molecule has 1 atom stereocenters. The number of carbonyl (C=O) groups excluding carboxylic acids is 1. The van der Waals surface area contributed by atoms with E-state index >= 15 is 0 Å². The van der Waals surface area contributed by atoms with Gasteiger partial charge in [0.1, 0.15) is 37.4 Å². The summed E-state index contributed by atoms with van der Waals surface area (Å²) < 4.78 is 32.6. The second-order valence-electron chi connectivity index (χ2n) is 6.32. The standard InChI is InChI=1S/C22H26O7/c1-2-22(23)27-14-12-25-10-9-24-11-13-26-20-7-3-6-19-18(20)5-4-8-21(19)29-16-17-15-28-17/h2-8,17H,1,9-16H2. The molecular weight excluding hydrogens is 376 g/mol. The Balaban J connectivity index is 1.34. The monoisotopic (exact) mass is 402 g/mol. The van der Waals surface area contributed by atoms with Crippen LogP contribution < -0.4 is 9.47 Å². The highest BCUT2D eigenvalue weighted by Gasteiger charge is 2.23. The summed E-state index contributed by atoms with van der Waals surface area (Å²) in [5, 5.41) is 2.01. The molecule has 1 heterocycles. The Bertz CT molecular complexity index is 801. The predicted octanol–water partition coefficient (Wildman–Crippen LogP) is 2.76. The highest BCUT2D eigenvalue weighted by atomic mass is 16.6. The summed E-state index contributed by atoms with van der Waals surface area (Å²) in [4.78, 5) is 10.9. The molecule has 156 valence electrons. The molecule has 29 heavy (non-hydrogen) atoms. The number of ether oxygens (including phenoxy) is 6. The number of rotatable bonds is 14. The molecule has 0 bridgehead atoms. The molecule has 2 aromatic rings. The molecule has 0 N–H and O–H groups in total. The molecule has 1 unspecified atom stereocenters. The lowest BCUT2D eigenvalue weighted by molar-refractivity contribution is -0.139. The van der Waals surface area contributed by atoms with Gasteiger partial charge in [-0.25, -0.2) is 4.79 Å². The van der Waals surface area contributed by atoms with Gasteiger partial charge in [-0.1, -0.05) is 30.8 Å². The van der Waals surface area contributed by atoms with Crippen molar-refractivity contribution in [3.05, 3.63) is 49.1 Å². The van der Waals surface area contributed by atoms with Gasteiger partial charge < -0.3 is 28.4 Å². The van der Waals surface area contributed by atoms with E-state index in [2.05, 4.69) is 6.58 Å². The van der Waals surface area contributed by atoms with Crippen LogP contribution in [-0.2, 0) is 23.7 Å². The van der Waals surface area contributed by atoms with Crippen molar-refractivity contribution in [2.24, 2.45) is 0 Å². The number of benzene rings is 2. The second-order valence-corrected chi connectivity index (χ2v) is 6.32. The molecule has 1 aliphatic heterocycles. The minimum absolute atomic E-state index is 0.203. The zero-order chi connectivity index (χ0) is 20.3. The molecule has 2 aromatic carbocycles. The molecule has 7 heteroatoms. The van der Waals surface area contributed by atoms with Crippen molar-refractivity contribution in [3.8, 4) is 11.5 Å². The lowest BCUT2D eigenvalue weighted by atomic mass is 10.1. The second kappa shape index (κ2) is 11.4. The summed E-state index contributed by atoms with van der Waals surface area (Å²) >= 11 is 0. The minimum Gasteiger partial charge on any atom is -0.491 e. The smallest absolute Gasteiger partial charge is 0.330 e. The number of hydrogen-bond acceptors (Lipinski definition) is 7. The quantitative estimate of drug-likeness (QED) is 0.208. The zero-order valence-electron chi connectivity index (χ0n) is 16.3. The molecule has 7 nitrogen and oxygen atoms in total. The summed E-state index contributed by atoms with van der Waals surface area (Å²) in [5.74, 6) is 1.17. The molecule has 1 saturated heterocycles. The third-order valence-electron chi connectivity index (χ3n) is 4.17. The van der Waals surface area contributed by atoms with Crippen molar-refractivity contribution in [3.63, 3.8) is 0 Å². The fourth-order valence-electron chi connectivity index (χ4n) is 2.64. The first-order valence-corrected chi connectivity index (χ1v) is 9.61. The van der Waals surface area contributed by atoms with Crippen LogP contribution in [0, 0.1) is 0 Å². The molecule has 0 amide bonds. The minimum atomic E-state index is -0.453. The first kappa shape index (κ1) is 21.1. The number of hydrogen-bond donors (Lipinski definition) is 0. The van der Waals surface area contributed by atoms with Gasteiger partial charge in [0.25, 0.3) is 0 Å². The van der Waals surface area contributed by atoms with E-state index in [0.717, 1.165) is 35.0 Å². The highest BCUT2D eigenvalue weighted by molar-refractivity contribution is 5.93. The first-order chi connectivity index (χ1) is 14.3. The van der Waals surface area contributed by atoms with Gasteiger partial charge in [0.05, 0.1) is 33.0 Å². The van der Waals surface area contributed by atoms with E-state index < -0.39 is 5.97 Å². The molecule has 1 aliphatic rings. The maximum Gasteiger partial charge on any atom is 0.330 e. The van der Waals surface area contributed by atoms with Crippen LogP contribution in [0.2, 0.25) is 0 Å². The van der Waals surface area contributed by atoms with Crippen molar-refractivity contribution in [1.29, 1.82) is 0 Å². The lowest BCUT2D eigenvalue weighted by Crippen LogP contribution is -2.13. The van der Waals surface area contributed by atoms with Crippen LogP contribution in [0.3, 0.4) is 0 Å². The Kier molecular flexibility index (Phi) is 8.30. The topological polar surface area (TPSA) is 75.8 Å². The Morgan fingerprint density at radius 2 is 1.52 bits per heavy atom. The van der Waals surface area contributed by atoms with Gasteiger partial charge in [-0.3, -0.25) is 0 Å². The Labute approximate surface area is 170 Å². The van der Waals surface area contributed by atoms with Crippen LogP contribution in [-0.4, -0.2) is 64.9 Å². The lowest BCUT2D eigenvalue weighted by Gasteiger charge is -2.12. The molecular formula is C22H26O7. The van der Waals surface area contributed by atoms with Crippen molar-refractivity contribution in [1.82, 2.24) is 0 Å². The Morgan fingerprint density at radius 3 is 2.14 bits per heavy atom. The van der Waals surface area contributed by atoms with E-state index in [1.807, 2.05) is 36.4 Å². The maximum absolute atomic E-state index is 10.9. The highest BCUT2D eigenvalue weighted by Crippen LogP contribution is 2.32. The van der Waals surface area contributed by atoms with E-state index in [4.69, 9.17) is 28.4 Å². The van der Waals surface area contributed by atoms with Crippen LogP contribution in [0.4, 0.5) is 0 Å². The van der Waals surface area contributed by atoms with E-state index in [1.54, 1.807) is 0 Å². The molecule has 0 aliphatic carbocycles. The van der Waals surface area contributed by atoms with Crippen LogP contribution in [0.5, 0.6) is 11.5 Å². The first-order valence-electron chi connectivity index (χ1n) is 9.61. The van der Waals surface area contributed by atoms with E-state index in [1.165, 1.54) is 0 Å². The average molecular weight is 402 g/mol. The van der Waals surface area contributed by atoms with Crippen molar-refractivity contribution < 1.29 is 33.2 Å². The Morgan fingerprint density at radius 1 is 0.931 bits per heavy atom. The van der Waals surface area contributed by atoms with E-state index in [-0.39, 0.29) is 12.7 Å². The van der Waals surface area contributed by atoms with Crippen molar-refractivity contribution in [2.45, 2.75) is 6.10 Å². The summed E-state index contributed by atoms with van der Waals surface area (Å²) in [7, 11) is 0. The van der Waals surface area contributed by atoms with Gasteiger partial charge in [0.2, 0.25) is 0 Å². The zero-order valence-corrected chi connectivity index (χ0v) is 16.3. The number of fused-ring (bicyclic) bond motifs is 1. The molecule has 0 aromatic heterocycles. The predicted molar refractivity (Wildman–Crippen MR) is 107 cm³/mol. The molecule has 0 radical (unpaired) electrons. The molecule has 0 saturated carbocycles. The maximum atomic E-state index is 10.9. The van der Waals surface area contributed by atoms with Crippen LogP contribution in [0.25, 0.3) is 10.8 Å². The van der Waals surface area contributed by atoms with Crippen molar-refractivity contribution >= 4 is 16.7 Å². The molecule has 0 spiro atoms. The van der Waals surface area contributed by atoms with Gasteiger partial charge in [-0.15, -0.1) is 0 Å².